The Bertz CT molecular complexity index is 1340. The van der Waals surface area contributed by atoms with Gasteiger partial charge in [0.25, 0.3) is 0 Å². The van der Waals surface area contributed by atoms with E-state index in [1.54, 1.807) is 23.7 Å². The number of hydrogen-bond donors (Lipinski definition) is 1. The molecular formula is C24H21ClN4O4S2. The minimum absolute atomic E-state index is 0.0799. The number of thiophene rings is 1. The number of para-hydroxylation sites is 1. The number of esters is 1. The van der Waals surface area contributed by atoms with Gasteiger partial charge in [-0.15, -0.1) is 21.5 Å². The van der Waals surface area contributed by atoms with Crippen molar-refractivity contribution in [3.63, 3.8) is 0 Å². The summed E-state index contributed by atoms with van der Waals surface area (Å²) in [5.41, 5.74) is 1.91. The molecule has 0 atom stereocenters. The van der Waals surface area contributed by atoms with Crippen molar-refractivity contribution in [1.82, 2.24) is 14.8 Å². The van der Waals surface area contributed by atoms with Gasteiger partial charge in [-0.2, -0.15) is 0 Å². The number of thioether (sulfide) groups is 1. The van der Waals surface area contributed by atoms with Crippen LogP contribution in [0.3, 0.4) is 0 Å². The molecule has 0 saturated heterocycles. The number of halogens is 1. The highest BCUT2D eigenvalue weighted by Gasteiger charge is 2.22. The van der Waals surface area contributed by atoms with Crippen LogP contribution in [0.2, 0.25) is 5.02 Å². The molecule has 4 aromatic rings. The number of anilines is 1. The number of amides is 1. The smallest absolute Gasteiger partial charge is 0.341 e. The summed E-state index contributed by atoms with van der Waals surface area (Å²) in [6.07, 6.45) is 0. The highest BCUT2D eigenvalue weighted by molar-refractivity contribution is 7.99. The Morgan fingerprint density at radius 2 is 1.86 bits per heavy atom. The third kappa shape index (κ3) is 5.84. The Kier molecular flexibility index (Phi) is 8.06. The van der Waals surface area contributed by atoms with E-state index in [9.17, 15) is 9.59 Å². The molecule has 2 heterocycles. The van der Waals surface area contributed by atoms with Crippen molar-refractivity contribution in [2.45, 2.75) is 11.8 Å². The topological polar surface area (TPSA) is 95.3 Å². The number of carbonyl (C=O) groups is 2. The molecule has 0 aliphatic carbocycles. The van der Waals surface area contributed by atoms with Crippen LogP contribution in [0, 0.1) is 0 Å². The van der Waals surface area contributed by atoms with Crippen LogP contribution in [0.4, 0.5) is 5.00 Å². The SMILES string of the molecule is COC(=O)c1c(-c2ccccc2)csc1NC(=O)CSc1nnc(COc2ccccc2Cl)n1C. The summed E-state index contributed by atoms with van der Waals surface area (Å²) in [5.74, 6) is 0.434. The summed E-state index contributed by atoms with van der Waals surface area (Å²) in [6, 6.07) is 16.6. The Balaban J connectivity index is 1.40. The lowest BCUT2D eigenvalue weighted by Gasteiger charge is -2.08. The quantitative estimate of drug-likeness (QED) is 0.233. The Hall–Kier alpha value is -3.34. The fraction of sp³-hybridized carbons (Fsp3) is 0.167. The molecule has 35 heavy (non-hydrogen) atoms. The van der Waals surface area contributed by atoms with Crippen molar-refractivity contribution in [2.24, 2.45) is 7.05 Å². The Morgan fingerprint density at radius 3 is 2.60 bits per heavy atom. The maximum absolute atomic E-state index is 12.7. The first-order chi connectivity index (χ1) is 17.0. The normalized spacial score (nSPS) is 10.7. The number of methoxy groups -OCH3 is 1. The van der Waals surface area contributed by atoms with Gasteiger partial charge in [0.05, 0.1) is 17.9 Å². The zero-order chi connectivity index (χ0) is 24.8. The fourth-order valence-electron chi connectivity index (χ4n) is 3.18. The summed E-state index contributed by atoms with van der Waals surface area (Å²) in [4.78, 5) is 25.2. The van der Waals surface area contributed by atoms with Crippen molar-refractivity contribution in [2.75, 3.05) is 18.2 Å². The van der Waals surface area contributed by atoms with E-state index in [1.807, 2.05) is 47.8 Å². The zero-order valence-electron chi connectivity index (χ0n) is 18.9. The van der Waals surface area contributed by atoms with Gasteiger partial charge in [-0.05, 0) is 17.7 Å². The lowest BCUT2D eigenvalue weighted by Crippen LogP contribution is -2.16. The number of benzene rings is 2. The third-order valence-electron chi connectivity index (χ3n) is 4.97. The summed E-state index contributed by atoms with van der Waals surface area (Å²) in [7, 11) is 3.11. The monoisotopic (exact) mass is 528 g/mol. The van der Waals surface area contributed by atoms with Crippen LogP contribution in [-0.4, -0.2) is 39.5 Å². The van der Waals surface area contributed by atoms with Gasteiger partial charge in [0, 0.05) is 18.0 Å². The minimum Gasteiger partial charge on any atom is -0.484 e. The number of carbonyl (C=O) groups excluding carboxylic acids is 2. The lowest BCUT2D eigenvalue weighted by molar-refractivity contribution is -0.113. The maximum atomic E-state index is 12.7. The average molecular weight is 529 g/mol. The van der Waals surface area contributed by atoms with Crippen LogP contribution >= 0.6 is 34.7 Å². The molecule has 0 fully saturated rings. The molecule has 11 heteroatoms. The molecule has 0 aliphatic heterocycles. The fourth-order valence-corrected chi connectivity index (χ4v) is 5.07. The second kappa shape index (κ2) is 11.4. The molecule has 2 aromatic carbocycles. The molecule has 0 bridgehead atoms. The number of rotatable bonds is 9. The van der Waals surface area contributed by atoms with E-state index in [-0.39, 0.29) is 18.3 Å². The molecule has 4 rings (SSSR count). The van der Waals surface area contributed by atoms with Crippen molar-refractivity contribution in [3.8, 4) is 16.9 Å². The van der Waals surface area contributed by atoms with Crippen molar-refractivity contribution in [1.29, 1.82) is 0 Å². The number of aromatic nitrogens is 3. The predicted molar refractivity (Wildman–Crippen MR) is 137 cm³/mol. The second-order valence-electron chi connectivity index (χ2n) is 7.22. The maximum Gasteiger partial charge on any atom is 0.341 e. The van der Waals surface area contributed by atoms with E-state index in [0.29, 0.717) is 37.9 Å². The highest BCUT2D eigenvalue weighted by atomic mass is 35.5. The van der Waals surface area contributed by atoms with Crippen LogP contribution in [-0.2, 0) is 23.2 Å². The summed E-state index contributed by atoms with van der Waals surface area (Å²) in [6.45, 7) is 0.180. The number of ether oxygens (including phenoxy) is 2. The predicted octanol–water partition coefficient (Wildman–Crippen LogP) is 5.29. The van der Waals surface area contributed by atoms with E-state index in [1.165, 1.54) is 30.2 Å². The van der Waals surface area contributed by atoms with Gasteiger partial charge in [0.2, 0.25) is 5.91 Å². The molecule has 8 nitrogen and oxygen atoms in total. The van der Waals surface area contributed by atoms with Crippen LogP contribution < -0.4 is 10.1 Å². The first-order valence-electron chi connectivity index (χ1n) is 10.4. The largest absolute Gasteiger partial charge is 0.484 e. The highest BCUT2D eigenvalue weighted by Crippen LogP contribution is 2.36. The molecule has 180 valence electrons. The van der Waals surface area contributed by atoms with Crippen molar-refractivity contribution >= 4 is 51.6 Å². The van der Waals surface area contributed by atoms with E-state index < -0.39 is 5.97 Å². The molecule has 0 saturated carbocycles. The Labute approximate surface area is 215 Å². The molecule has 2 aromatic heterocycles. The van der Waals surface area contributed by atoms with E-state index in [0.717, 1.165) is 5.56 Å². The second-order valence-corrected chi connectivity index (χ2v) is 9.45. The van der Waals surface area contributed by atoms with Crippen molar-refractivity contribution < 1.29 is 19.1 Å². The molecule has 0 unspecified atom stereocenters. The van der Waals surface area contributed by atoms with E-state index in [4.69, 9.17) is 21.1 Å². The van der Waals surface area contributed by atoms with E-state index >= 15 is 0 Å². The van der Waals surface area contributed by atoms with Gasteiger partial charge in [-0.25, -0.2) is 4.79 Å². The molecule has 0 aliphatic rings. The number of nitrogens with zero attached hydrogens (tertiary/aromatic N) is 3. The van der Waals surface area contributed by atoms with E-state index in [2.05, 4.69) is 15.5 Å². The van der Waals surface area contributed by atoms with Gasteiger partial charge in [-0.3, -0.25) is 4.79 Å². The molecule has 0 spiro atoms. The van der Waals surface area contributed by atoms with Crippen LogP contribution in [0.15, 0.2) is 65.1 Å². The van der Waals surface area contributed by atoms with Crippen molar-refractivity contribution in [3.05, 3.63) is 76.4 Å². The van der Waals surface area contributed by atoms with Crippen LogP contribution in [0.25, 0.3) is 11.1 Å². The first-order valence-corrected chi connectivity index (χ1v) is 12.7. The average Bonchev–Trinajstić information content (AvgIpc) is 3.45. The molecule has 1 N–H and O–H groups in total. The van der Waals surface area contributed by atoms with Gasteiger partial charge in [0.1, 0.15) is 22.9 Å². The first kappa shape index (κ1) is 24.8. The molecular weight excluding hydrogens is 508 g/mol. The number of nitrogens with one attached hydrogen (secondary N) is 1. The van der Waals surface area contributed by atoms with Crippen LogP contribution in [0.1, 0.15) is 16.2 Å². The van der Waals surface area contributed by atoms with Gasteiger partial charge < -0.3 is 19.4 Å². The van der Waals surface area contributed by atoms with Gasteiger partial charge >= 0.3 is 5.97 Å². The van der Waals surface area contributed by atoms with Gasteiger partial charge in [-0.1, -0.05) is 65.8 Å². The summed E-state index contributed by atoms with van der Waals surface area (Å²) >= 11 is 8.62. The molecule has 0 radical (unpaired) electrons. The third-order valence-corrected chi connectivity index (χ3v) is 7.20. The van der Waals surface area contributed by atoms with Gasteiger partial charge in [0.15, 0.2) is 11.0 Å². The standard InChI is InChI=1S/C24H21ClN4O4S2/c1-29-19(12-33-18-11-7-6-10-17(18)25)27-28-24(29)35-14-20(30)26-22-21(23(31)32-2)16(13-34-22)15-8-4-3-5-9-15/h3-11,13H,12,14H2,1-2H3,(H,26,30). The summed E-state index contributed by atoms with van der Waals surface area (Å²) in [5, 5.41) is 14.4. The zero-order valence-corrected chi connectivity index (χ0v) is 21.2. The minimum atomic E-state index is -0.510. The number of hydrogen-bond acceptors (Lipinski definition) is 8. The van der Waals surface area contributed by atoms with Crippen LogP contribution in [0.5, 0.6) is 5.75 Å². The Morgan fingerprint density at radius 1 is 1.11 bits per heavy atom. The lowest BCUT2D eigenvalue weighted by atomic mass is 10.0. The summed E-state index contributed by atoms with van der Waals surface area (Å²) < 4.78 is 12.4. The molecule has 1 amide bonds.